The molecule has 0 unspecified atom stereocenters. The van der Waals surface area contributed by atoms with E-state index in [0.717, 1.165) is 18.0 Å². The maximum atomic E-state index is 13.6. The maximum absolute atomic E-state index is 13.6. The molecule has 144 heavy (non-hydrogen) atoms. The maximum Gasteiger partial charge on any atom is 0.213 e. The molecule has 5 aromatic carbocycles. The fourth-order valence-corrected chi connectivity index (χ4v) is 14.2. The minimum atomic E-state index is -0.613. The third kappa shape index (κ3) is 28.9. The van der Waals surface area contributed by atoms with Crippen LogP contribution in [0, 0.1) is 83.4 Å². The van der Waals surface area contributed by atoms with Crippen LogP contribution in [0.3, 0.4) is 0 Å². The first-order valence-electron chi connectivity index (χ1n) is 44.7. The molecule has 0 saturated carbocycles. The quantitative estimate of drug-likeness (QED) is 0.0260. The van der Waals surface area contributed by atoms with Crippen molar-refractivity contribution < 1.29 is 107 Å². The van der Waals surface area contributed by atoms with Crippen LogP contribution in [-0.2, 0) is 0 Å². The number of hydrogen-bond acceptors (Lipinski definition) is 28. The van der Waals surface area contributed by atoms with Crippen molar-refractivity contribution in [2.75, 3.05) is 42.7 Å². The summed E-state index contributed by atoms with van der Waals surface area (Å²) in [6.45, 7) is 11.7. The molecule has 0 aliphatic heterocycles. The number of benzene rings is 5. The van der Waals surface area contributed by atoms with Crippen LogP contribution in [0.5, 0.6) is 34.6 Å². The molecule has 0 atom stereocenters. The van der Waals surface area contributed by atoms with Gasteiger partial charge < -0.3 is 32.9 Å². The van der Waals surface area contributed by atoms with E-state index in [-0.39, 0.29) is 197 Å². The SMILES string of the molecule is COc1cc(C(=O)CCC(=O)c2ccc(OC)c(-c3ccc(F)c(C)c3)n2)ccn1.COc1ccc(C(=O)CCC(=O)c2cc(C)on2)nc1-c1ccc(F)c(C)c1.COc1ccc(C(=O)CCC(=O)c2ccnc(C)c2)nc1-c1ccc(F)c(C)c1.COc1ccc(C(=O)CCC(=O)c2ccncn2)nc1-c1ccc(F)c(C)c1.COc1ccc(C(=O)CCC(=O)c2cncc(F)c2)nc1-c1ccc(F)c(C)c1. The second kappa shape index (κ2) is 51.0. The summed E-state index contributed by atoms with van der Waals surface area (Å²) in [5.41, 5.74) is 11.0. The molecule has 0 spiro atoms. The molecule has 10 aromatic heterocycles. The summed E-state index contributed by atoms with van der Waals surface area (Å²) in [5.74, 6) is -1.64. The Balaban J connectivity index is 0.000000172. The standard InChI is InChI=1S/C23H21FN2O4.C23H21FN2O3.C22H18F2N2O3.C21H18FN3O3.C21H19FN2O4/c1-14-12-16(4-5-17(14)24)23-21(29-2)9-6-18(26-23)20(28)8-7-19(27)15-10-11-25-22(13-15)30-3;1-14-12-17(4-5-18(14)24)23-22(29-3)9-6-19(26-23)21(28)8-7-20(27)16-10-11-25-15(2)13-16;1-13-9-14(3-4-17(13)24)22-21(29-2)8-5-18(26-22)20(28)7-6-19(27)15-10-16(23)12-25-11-15;1-13-11-14(3-4-15(13)22)21-20(28-2)8-5-17(25-21)19(27)7-6-18(26)16-9-10-23-12-24-16;1-12-10-14(4-5-15(12)22)21-20(27-3)9-6-16(23-21)18(25)7-8-19(26)17-11-13(2)28-24-17/h4-6,9-13H,7-8H2,1-3H3;4-6,9-13H,7-8H2,1-3H3;3-5,8-12H,6-7H2,1-2H3;3-5,8-12H,6-7H2,1-2H3;4-6,9-11H,7-8H2,1-3H3. The van der Waals surface area contributed by atoms with Gasteiger partial charge in [-0.05, 0) is 258 Å². The van der Waals surface area contributed by atoms with Crippen LogP contribution in [0.25, 0.3) is 56.3 Å². The highest BCUT2D eigenvalue weighted by Gasteiger charge is 2.26. The van der Waals surface area contributed by atoms with Gasteiger partial charge in [0, 0.05) is 151 Å². The number of carbonyl (C=O) groups excluding carboxylic acids is 10. The van der Waals surface area contributed by atoms with Crippen LogP contribution in [-0.4, -0.2) is 155 Å². The van der Waals surface area contributed by atoms with E-state index in [2.05, 4.69) is 55.0 Å². The van der Waals surface area contributed by atoms with Gasteiger partial charge in [0.1, 0.15) is 144 Å². The molecular formula is C110H97F6N11O17. The number of pyridine rings is 8. The number of aryl methyl sites for hydroxylation is 7. The number of aromatic nitrogens is 11. The van der Waals surface area contributed by atoms with Crippen molar-refractivity contribution in [2.24, 2.45) is 0 Å². The highest BCUT2D eigenvalue weighted by Crippen LogP contribution is 2.37. The van der Waals surface area contributed by atoms with E-state index >= 15 is 0 Å². The molecule has 0 bridgehead atoms. The predicted octanol–water partition coefficient (Wildman–Crippen LogP) is 22.0. The molecule has 15 rings (SSSR count). The van der Waals surface area contributed by atoms with E-state index in [4.69, 9.17) is 32.9 Å². The molecule has 0 aliphatic carbocycles. The fraction of sp³-hybridized carbons (Fsp3) is 0.209. The van der Waals surface area contributed by atoms with Gasteiger partial charge in [-0.25, -0.2) is 66.2 Å². The summed E-state index contributed by atoms with van der Waals surface area (Å²) < 4.78 is 118. The second-order valence-corrected chi connectivity index (χ2v) is 32.4. The number of ether oxygens (including phenoxy) is 6. The van der Waals surface area contributed by atoms with Gasteiger partial charge in [0.05, 0.1) is 48.9 Å². The monoisotopic (exact) mass is 1960 g/mol. The molecule has 34 heteroatoms. The van der Waals surface area contributed by atoms with Crippen LogP contribution in [0.4, 0.5) is 26.3 Å². The summed E-state index contributed by atoms with van der Waals surface area (Å²) in [7, 11) is 8.95. The Morgan fingerprint density at radius 2 is 0.562 bits per heavy atom. The third-order valence-corrected chi connectivity index (χ3v) is 22.2. The van der Waals surface area contributed by atoms with Gasteiger partial charge in [-0.15, -0.1) is 0 Å². The Bertz CT molecular complexity index is 7140. The zero-order valence-corrected chi connectivity index (χ0v) is 80.6. The van der Waals surface area contributed by atoms with E-state index in [1.165, 1.54) is 122 Å². The number of halogens is 6. The molecule has 0 radical (unpaired) electrons. The normalized spacial score (nSPS) is 10.6. The van der Waals surface area contributed by atoms with Crippen molar-refractivity contribution in [2.45, 2.75) is 113 Å². The number of rotatable bonds is 36. The van der Waals surface area contributed by atoms with Crippen LogP contribution in [0.1, 0.15) is 208 Å². The lowest BCUT2D eigenvalue weighted by Gasteiger charge is -2.11. The number of ketones is 10. The van der Waals surface area contributed by atoms with Gasteiger partial charge in [-0.2, -0.15) is 0 Å². The molecule has 28 nitrogen and oxygen atoms in total. The van der Waals surface area contributed by atoms with Gasteiger partial charge >= 0.3 is 0 Å². The van der Waals surface area contributed by atoms with Crippen molar-refractivity contribution in [1.82, 2.24) is 55.0 Å². The number of nitrogens with zero attached hydrogens (tertiary/aromatic N) is 11. The van der Waals surface area contributed by atoms with Crippen molar-refractivity contribution in [3.8, 4) is 90.9 Å². The van der Waals surface area contributed by atoms with Crippen LogP contribution < -0.4 is 28.4 Å². The molecule has 0 N–H and O–H groups in total. The van der Waals surface area contributed by atoms with E-state index in [0.29, 0.717) is 136 Å². The summed E-state index contributed by atoms with van der Waals surface area (Å²) in [4.78, 5) is 165. The zero-order chi connectivity index (χ0) is 104. The fourth-order valence-electron chi connectivity index (χ4n) is 14.2. The van der Waals surface area contributed by atoms with E-state index in [1.54, 1.807) is 181 Å². The molecule has 0 fully saturated rings. The zero-order valence-electron chi connectivity index (χ0n) is 80.6. The Morgan fingerprint density at radius 1 is 0.264 bits per heavy atom. The summed E-state index contributed by atoms with van der Waals surface area (Å²) in [5, 5.41) is 3.66. The van der Waals surface area contributed by atoms with Crippen molar-refractivity contribution in [1.29, 1.82) is 0 Å². The molecule has 15 aromatic rings. The topological polar surface area (TPSA) is 381 Å². The number of hydrogen-bond donors (Lipinski definition) is 0. The summed E-state index contributed by atoms with van der Waals surface area (Å²) in [6.07, 6.45) is 8.09. The van der Waals surface area contributed by atoms with Crippen molar-refractivity contribution >= 4 is 57.8 Å². The molecule has 0 amide bonds. The number of carbonyl (C=O) groups is 10. The average molecular weight is 1960 g/mol. The summed E-state index contributed by atoms with van der Waals surface area (Å²) >= 11 is 0. The largest absolute Gasteiger partial charge is 0.494 e. The predicted molar refractivity (Wildman–Crippen MR) is 521 cm³/mol. The average Bonchev–Trinajstić information content (AvgIpc) is 0.893. The smallest absolute Gasteiger partial charge is 0.213 e. The van der Waals surface area contributed by atoms with Crippen molar-refractivity contribution in [3.63, 3.8) is 0 Å². The van der Waals surface area contributed by atoms with Crippen LogP contribution >= 0.6 is 0 Å². The lowest BCUT2D eigenvalue weighted by molar-refractivity contribution is 0.0910. The molecule has 0 aliphatic rings. The van der Waals surface area contributed by atoms with E-state index in [9.17, 15) is 74.3 Å². The first-order chi connectivity index (χ1) is 69.1. The highest BCUT2D eigenvalue weighted by atomic mass is 19.1. The molecular weight excluding hydrogens is 1860 g/mol. The van der Waals surface area contributed by atoms with E-state index < -0.39 is 5.82 Å². The van der Waals surface area contributed by atoms with Crippen LogP contribution in [0.15, 0.2) is 236 Å². The van der Waals surface area contributed by atoms with Crippen LogP contribution in [0.2, 0.25) is 0 Å². The lowest BCUT2D eigenvalue weighted by atomic mass is 10.0. The van der Waals surface area contributed by atoms with Crippen molar-refractivity contribution in [3.05, 3.63) is 362 Å². The molecule has 0 saturated heterocycles. The Labute approximate surface area is 824 Å². The first kappa shape index (κ1) is 107. The molecule has 736 valence electrons. The van der Waals surface area contributed by atoms with Gasteiger partial charge in [0.15, 0.2) is 57.8 Å². The Morgan fingerprint density at radius 3 is 0.840 bits per heavy atom. The van der Waals surface area contributed by atoms with Gasteiger partial charge in [-0.1, -0.05) is 5.16 Å². The minimum absolute atomic E-state index is 0.00348. The minimum Gasteiger partial charge on any atom is -0.494 e. The Kier molecular flexibility index (Phi) is 37.9. The Hall–Kier alpha value is -17.3. The van der Waals surface area contributed by atoms with Gasteiger partial charge in [-0.3, -0.25) is 57.9 Å². The third-order valence-electron chi connectivity index (χ3n) is 22.2. The second-order valence-electron chi connectivity index (χ2n) is 32.4. The molecule has 10 heterocycles. The first-order valence-corrected chi connectivity index (χ1v) is 44.7. The van der Waals surface area contributed by atoms with Gasteiger partial charge in [0.2, 0.25) is 5.88 Å². The van der Waals surface area contributed by atoms with Gasteiger partial charge in [0.25, 0.3) is 0 Å². The summed E-state index contributed by atoms with van der Waals surface area (Å²) in [6, 6.07) is 49.3. The number of Topliss-reactive ketones (excluding diaryl/α,β-unsaturated/α-hetero) is 10. The van der Waals surface area contributed by atoms with E-state index in [1.807, 2.05) is 6.92 Å². The highest BCUT2D eigenvalue weighted by molar-refractivity contribution is 6.05. The number of methoxy groups -OCH3 is 6. The lowest BCUT2D eigenvalue weighted by Crippen LogP contribution is -2.09.